The summed E-state index contributed by atoms with van der Waals surface area (Å²) in [5.41, 5.74) is 1.21. The topological polar surface area (TPSA) is 89.9 Å². The van der Waals surface area contributed by atoms with Gasteiger partial charge in [0.15, 0.2) is 11.2 Å². The number of morpholine rings is 1. The molecule has 0 radical (unpaired) electrons. The van der Waals surface area contributed by atoms with Crippen LogP contribution in [0.25, 0.3) is 11.2 Å². The van der Waals surface area contributed by atoms with Crippen LogP contribution in [0.15, 0.2) is 14.7 Å². The number of ether oxygens (including phenoxy) is 1. The molecule has 0 aliphatic carbocycles. The molecule has 0 aromatic carbocycles. The summed E-state index contributed by atoms with van der Waals surface area (Å²) in [5, 5.41) is 6.54. The second-order valence-electron chi connectivity index (χ2n) is 8.56. The van der Waals surface area contributed by atoms with Gasteiger partial charge in [0, 0.05) is 33.2 Å². The lowest BCUT2D eigenvalue weighted by molar-refractivity contribution is 0.0391. The molecule has 1 fully saturated rings. The van der Waals surface area contributed by atoms with E-state index in [1.54, 1.807) is 7.05 Å². The molecular formula is C20H31N7O3. The first-order chi connectivity index (χ1) is 14.4. The summed E-state index contributed by atoms with van der Waals surface area (Å²) in [7, 11) is 1.68. The van der Waals surface area contributed by atoms with Crippen LogP contribution in [-0.2, 0) is 24.9 Å². The number of nitrogens with zero attached hydrogens (tertiary/aromatic N) is 7. The van der Waals surface area contributed by atoms with Crippen LogP contribution in [0.4, 0.5) is 5.95 Å². The van der Waals surface area contributed by atoms with Gasteiger partial charge in [-0.05, 0) is 19.3 Å². The Hall–Kier alpha value is -2.46. The molecule has 0 bridgehead atoms. The molecular weight excluding hydrogens is 386 g/mol. The first kappa shape index (κ1) is 20.8. The number of aromatic nitrogens is 4. The van der Waals surface area contributed by atoms with Crippen molar-refractivity contribution in [1.29, 1.82) is 0 Å². The van der Waals surface area contributed by atoms with E-state index in [0.29, 0.717) is 42.7 Å². The minimum absolute atomic E-state index is 0.268. The summed E-state index contributed by atoms with van der Waals surface area (Å²) in [4.78, 5) is 33.1. The van der Waals surface area contributed by atoms with E-state index < -0.39 is 0 Å². The molecule has 2 aromatic heterocycles. The Morgan fingerprint density at radius 3 is 2.53 bits per heavy atom. The molecule has 2 aliphatic heterocycles. The molecule has 4 heterocycles. The molecule has 0 saturated carbocycles. The predicted molar refractivity (Wildman–Crippen MR) is 116 cm³/mol. The van der Waals surface area contributed by atoms with Crippen LogP contribution >= 0.6 is 0 Å². The lowest BCUT2D eigenvalue weighted by Gasteiger charge is -2.30. The first-order valence-corrected chi connectivity index (χ1v) is 10.7. The van der Waals surface area contributed by atoms with Crippen LogP contribution < -0.4 is 16.3 Å². The molecule has 2 aromatic rings. The van der Waals surface area contributed by atoms with Crippen LogP contribution in [-0.4, -0.2) is 68.7 Å². The number of hydrogen-bond donors (Lipinski definition) is 0. The highest BCUT2D eigenvalue weighted by Crippen LogP contribution is 2.23. The van der Waals surface area contributed by atoms with Crippen molar-refractivity contribution in [3.05, 3.63) is 20.8 Å². The minimum atomic E-state index is -0.318. The quantitative estimate of drug-likeness (QED) is 0.679. The summed E-state index contributed by atoms with van der Waals surface area (Å²) in [5.74, 6) is 1.03. The highest BCUT2D eigenvalue weighted by Gasteiger charge is 2.27. The van der Waals surface area contributed by atoms with Crippen LogP contribution in [0.3, 0.4) is 0 Å². The Morgan fingerprint density at radius 1 is 1.10 bits per heavy atom. The second-order valence-corrected chi connectivity index (χ2v) is 8.56. The second kappa shape index (κ2) is 8.35. The molecule has 4 rings (SSSR count). The van der Waals surface area contributed by atoms with Gasteiger partial charge in [-0.2, -0.15) is 10.1 Å². The molecule has 2 aliphatic rings. The van der Waals surface area contributed by atoms with Crippen molar-refractivity contribution in [3.8, 4) is 0 Å². The van der Waals surface area contributed by atoms with E-state index in [4.69, 9.17) is 4.74 Å². The summed E-state index contributed by atoms with van der Waals surface area (Å²) >= 11 is 0. The van der Waals surface area contributed by atoms with Gasteiger partial charge in [-0.3, -0.25) is 23.4 Å². The normalized spacial score (nSPS) is 17.6. The van der Waals surface area contributed by atoms with Crippen molar-refractivity contribution >= 4 is 22.8 Å². The van der Waals surface area contributed by atoms with Gasteiger partial charge in [0.25, 0.3) is 5.56 Å². The number of anilines is 1. The number of hydrogen-bond acceptors (Lipinski definition) is 7. The lowest BCUT2D eigenvalue weighted by Crippen LogP contribution is -2.42. The molecule has 0 N–H and O–H groups in total. The van der Waals surface area contributed by atoms with E-state index in [-0.39, 0.29) is 11.2 Å². The zero-order valence-corrected chi connectivity index (χ0v) is 18.3. The van der Waals surface area contributed by atoms with Crippen LogP contribution in [0.2, 0.25) is 0 Å². The van der Waals surface area contributed by atoms with Gasteiger partial charge < -0.3 is 4.74 Å². The maximum absolute atomic E-state index is 13.3. The van der Waals surface area contributed by atoms with Crippen molar-refractivity contribution in [2.45, 2.75) is 40.3 Å². The van der Waals surface area contributed by atoms with E-state index in [0.717, 1.165) is 45.0 Å². The molecule has 10 nitrogen and oxygen atoms in total. The Kier molecular flexibility index (Phi) is 5.79. The van der Waals surface area contributed by atoms with Gasteiger partial charge in [0.2, 0.25) is 5.95 Å². The minimum Gasteiger partial charge on any atom is -0.379 e. The Morgan fingerprint density at radius 2 is 1.83 bits per heavy atom. The molecule has 0 atom stereocenters. The fourth-order valence-corrected chi connectivity index (χ4v) is 4.01. The van der Waals surface area contributed by atoms with Gasteiger partial charge in [-0.15, -0.1) is 0 Å². The molecule has 164 valence electrons. The van der Waals surface area contributed by atoms with Gasteiger partial charge in [-0.25, -0.2) is 9.80 Å². The van der Waals surface area contributed by atoms with Gasteiger partial charge in [-0.1, -0.05) is 13.8 Å². The van der Waals surface area contributed by atoms with Crippen molar-refractivity contribution < 1.29 is 4.74 Å². The number of aryl methyl sites for hydroxylation is 1. The summed E-state index contributed by atoms with van der Waals surface area (Å²) < 4.78 is 10.2. The van der Waals surface area contributed by atoms with E-state index in [1.807, 2.05) is 16.5 Å². The Bertz CT molecular complexity index is 1070. The highest BCUT2D eigenvalue weighted by molar-refractivity contribution is 5.87. The smallest absolute Gasteiger partial charge is 0.332 e. The predicted octanol–water partition coefficient (Wildman–Crippen LogP) is 0.471. The number of fused-ring (bicyclic) bond motifs is 3. The summed E-state index contributed by atoms with van der Waals surface area (Å²) in [6.07, 6.45) is 0.772. The standard InChI is InChI=1S/C20H31N7O3/c1-14(2)5-6-25-18(28)16-17(23(4)20(25)29)21-19-26(16)13-15(3)22-27(19)8-7-24-9-11-30-12-10-24/h14H,5-13H2,1-4H3. The fraction of sp³-hybridized carbons (Fsp3) is 0.700. The molecule has 30 heavy (non-hydrogen) atoms. The van der Waals surface area contributed by atoms with Crippen molar-refractivity contribution in [2.24, 2.45) is 18.1 Å². The summed E-state index contributed by atoms with van der Waals surface area (Å²) in [6, 6.07) is 0. The van der Waals surface area contributed by atoms with Gasteiger partial charge in [0.1, 0.15) is 0 Å². The third-order valence-electron chi connectivity index (χ3n) is 5.78. The molecule has 1 saturated heterocycles. The first-order valence-electron chi connectivity index (χ1n) is 10.7. The molecule has 0 spiro atoms. The number of hydrazone groups is 1. The fourth-order valence-electron chi connectivity index (χ4n) is 4.01. The largest absolute Gasteiger partial charge is 0.379 e. The Labute approximate surface area is 175 Å². The number of imidazole rings is 1. The van der Waals surface area contributed by atoms with Crippen molar-refractivity contribution in [2.75, 3.05) is 44.4 Å². The monoisotopic (exact) mass is 417 g/mol. The zero-order chi connectivity index (χ0) is 21.4. The zero-order valence-electron chi connectivity index (χ0n) is 18.3. The average molecular weight is 418 g/mol. The average Bonchev–Trinajstić information content (AvgIpc) is 3.10. The van der Waals surface area contributed by atoms with Gasteiger partial charge in [0.05, 0.1) is 32.0 Å². The third kappa shape index (κ3) is 3.81. The molecule has 0 amide bonds. The number of rotatable bonds is 6. The maximum Gasteiger partial charge on any atom is 0.332 e. The third-order valence-corrected chi connectivity index (χ3v) is 5.78. The van der Waals surface area contributed by atoms with E-state index >= 15 is 0 Å². The van der Waals surface area contributed by atoms with Crippen LogP contribution in [0, 0.1) is 5.92 Å². The van der Waals surface area contributed by atoms with Gasteiger partial charge >= 0.3 is 5.69 Å². The summed E-state index contributed by atoms with van der Waals surface area (Å²) in [6.45, 7) is 11.8. The SMILES string of the molecule is CC1=NN(CCN2CCOCC2)c2nc3c(c(=O)n(CCC(C)C)c(=O)n3C)n2C1. The van der Waals surface area contributed by atoms with Crippen LogP contribution in [0.1, 0.15) is 27.2 Å². The maximum atomic E-state index is 13.3. The lowest BCUT2D eigenvalue weighted by atomic mass is 10.1. The molecule has 10 heteroatoms. The van der Waals surface area contributed by atoms with E-state index in [9.17, 15) is 9.59 Å². The molecule has 0 unspecified atom stereocenters. The Balaban J connectivity index is 1.72. The van der Waals surface area contributed by atoms with Crippen LogP contribution in [0.5, 0.6) is 0 Å². The van der Waals surface area contributed by atoms with Crippen molar-refractivity contribution in [1.82, 2.24) is 23.6 Å². The van der Waals surface area contributed by atoms with E-state index in [2.05, 4.69) is 28.8 Å². The highest BCUT2D eigenvalue weighted by atomic mass is 16.5. The van der Waals surface area contributed by atoms with Crippen molar-refractivity contribution in [3.63, 3.8) is 0 Å². The van der Waals surface area contributed by atoms with E-state index in [1.165, 1.54) is 9.13 Å².